The van der Waals surface area contributed by atoms with Crippen LogP contribution in [-0.2, 0) is 33.3 Å². The molecule has 1 saturated carbocycles. The van der Waals surface area contributed by atoms with E-state index in [2.05, 4.69) is 19.9 Å². The molecule has 2 bridgehead atoms. The summed E-state index contributed by atoms with van der Waals surface area (Å²) in [5.74, 6) is -1.05. The highest BCUT2D eigenvalue weighted by Crippen LogP contribution is 2.72. The lowest BCUT2D eigenvalue weighted by molar-refractivity contribution is -0.232. The number of cyclic esters (lactones) is 1. The Morgan fingerprint density at radius 2 is 1.92 bits per heavy atom. The molecule has 0 unspecified atom stereocenters. The number of allylic oxidation sites excluding steroid dienone is 3. The van der Waals surface area contributed by atoms with Crippen molar-refractivity contribution >= 4 is 11.9 Å². The smallest absolute Gasteiger partial charge is 0.331 e. The molecule has 2 saturated heterocycles. The molecular formula is C29H38O9. The molecule has 0 aromatic rings. The molecule has 9 nitrogen and oxygen atoms in total. The van der Waals surface area contributed by atoms with E-state index in [1.807, 2.05) is 0 Å². The summed E-state index contributed by atoms with van der Waals surface area (Å²) in [6.45, 7) is 6.19. The summed E-state index contributed by atoms with van der Waals surface area (Å²) in [4.78, 5) is 25.9. The highest BCUT2D eigenvalue weighted by molar-refractivity contribution is 5.83. The van der Waals surface area contributed by atoms with Gasteiger partial charge in [-0.25, -0.2) is 9.59 Å². The van der Waals surface area contributed by atoms with E-state index in [4.69, 9.17) is 23.7 Å². The van der Waals surface area contributed by atoms with Crippen molar-refractivity contribution in [3.8, 4) is 0 Å². The minimum Gasteiger partial charge on any atom is -0.462 e. The second kappa shape index (κ2) is 10.4. The Morgan fingerprint density at radius 3 is 2.63 bits per heavy atom. The SMILES string of the molecule is CC1=C[C@H]2O[C@@H]3C[C@H]4OC(=O)/C=C/C=C/[C@H]([C@@H](C)O)OCCC(CO)=CC(=O)OC[C@@]2(CC1)[C@]4(C)[C@]31CO1. The number of epoxide rings is 1. The van der Waals surface area contributed by atoms with Gasteiger partial charge in [0.15, 0.2) is 0 Å². The van der Waals surface area contributed by atoms with E-state index in [0.29, 0.717) is 31.4 Å². The fraction of sp³-hybridized carbons (Fsp3) is 0.655. The van der Waals surface area contributed by atoms with Crippen molar-refractivity contribution in [3.63, 3.8) is 0 Å². The molecule has 0 aromatic heterocycles. The van der Waals surface area contributed by atoms with E-state index >= 15 is 0 Å². The van der Waals surface area contributed by atoms with Crippen LogP contribution in [0, 0.1) is 10.8 Å². The molecular weight excluding hydrogens is 492 g/mol. The highest BCUT2D eigenvalue weighted by Gasteiger charge is 2.83. The molecule has 5 rings (SSSR count). The van der Waals surface area contributed by atoms with Crippen LogP contribution in [0.15, 0.2) is 47.6 Å². The van der Waals surface area contributed by atoms with Crippen molar-refractivity contribution in [2.45, 2.75) is 82.6 Å². The molecule has 0 radical (unpaired) electrons. The number of aliphatic hydroxyl groups excluding tert-OH is 2. The van der Waals surface area contributed by atoms with Gasteiger partial charge in [-0.2, -0.15) is 0 Å². The zero-order valence-corrected chi connectivity index (χ0v) is 22.3. The predicted molar refractivity (Wildman–Crippen MR) is 136 cm³/mol. The van der Waals surface area contributed by atoms with Gasteiger partial charge in [0.05, 0.1) is 43.5 Å². The minimum atomic E-state index is -0.798. The molecule has 38 heavy (non-hydrogen) atoms. The Hall–Kier alpha value is -2.30. The molecule has 3 aliphatic heterocycles. The van der Waals surface area contributed by atoms with E-state index in [0.717, 1.165) is 6.42 Å². The van der Waals surface area contributed by atoms with Gasteiger partial charge in [-0.3, -0.25) is 0 Å². The zero-order valence-electron chi connectivity index (χ0n) is 22.3. The van der Waals surface area contributed by atoms with Crippen LogP contribution in [0.5, 0.6) is 0 Å². The van der Waals surface area contributed by atoms with Gasteiger partial charge in [-0.1, -0.05) is 36.8 Å². The normalized spacial score (nSPS) is 43.9. The third-order valence-electron chi connectivity index (χ3n) is 9.33. The second-order valence-corrected chi connectivity index (χ2v) is 11.4. The monoisotopic (exact) mass is 530 g/mol. The molecule has 208 valence electrons. The van der Waals surface area contributed by atoms with Crippen LogP contribution in [0.25, 0.3) is 0 Å². The first kappa shape index (κ1) is 27.3. The maximum absolute atomic E-state index is 13.0. The van der Waals surface area contributed by atoms with Crippen LogP contribution in [-0.4, -0.2) is 84.7 Å². The van der Waals surface area contributed by atoms with E-state index in [1.165, 1.54) is 17.7 Å². The predicted octanol–water partition coefficient (Wildman–Crippen LogP) is 2.32. The van der Waals surface area contributed by atoms with Crippen LogP contribution in [0.1, 0.15) is 46.5 Å². The Labute approximate surface area is 223 Å². The molecule has 9 heteroatoms. The summed E-state index contributed by atoms with van der Waals surface area (Å²) in [7, 11) is 0. The van der Waals surface area contributed by atoms with Crippen LogP contribution in [0.3, 0.4) is 0 Å². The average Bonchev–Trinajstić information content (AvgIpc) is 3.66. The maximum atomic E-state index is 13.0. The van der Waals surface area contributed by atoms with Gasteiger partial charge >= 0.3 is 11.9 Å². The highest BCUT2D eigenvalue weighted by atomic mass is 16.6. The fourth-order valence-electron chi connectivity index (χ4n) is 6.91. The van der Waals surface area contributed by atoms with E-state index in [9.17, 15) is 19.8 Å². The number of hydrogen-bond acceptors (Lipinski definition) is 9. The van der Waals surface area contributed by atoms with E-state index in [-0.39, 0.29) is 32.0 Å². The standard InChI is InChI=1S/C29H38O9/c1-18-8-10-28-16-35-26(33)13-20(15-30)9-11-34-21(19(2)31)6-4-5-7-25(32)38-22-14-24(37-23(28)12-18)29(17-36-29)27(22,28)3/h4-7,12-13,19,21-24,30-31H,8-11,14-17H2,1-3H3/b6-4+,7-5+,20-13?/t19-,21-,22-,23-,24-,27-,28-,29+/m1/s1. The number of hydrogen-bond donors (Lipinski definition) is 2. The van der Waals surface area contributed by atoms with Gasteiger partial charge in [0.25, 0.3) is 0 Å². The first-order valence-corrected chi connectivity index (χ1v) is 13.4. The number of carbonyl (C=O) groups excluding carboxylic acids is 2. The Bertz CT molecular complexity index is 1070. The van der Waals surface area contributed by atoms with Crippen molar-refractivity contribution in [2.24, 2.45) is 10.8 Å². The van der Waals surface area contributed by atoms with Gasteiger partial charge in [-0.15, -0.1) is 0 Å². The van der Waals surface area contributed by atoms with Gasteiger partial charge in [0.1, 0.15) is 24.4 Å². The van der Waals surface area contributed by atoms with Crippen LogP contribution < -0.4 is 0 Å². The topological polar surface area (TPSA) is 124 Å². The minimum absolute atomic E-state index is 0.0665. The van der Waals surface area contributed by atoms with Gasteiger partial charge in [0.2, 0.25) is 0 Å². The first-order valence-electron chi connectivity index (χ1n) is 13.4. The van der Waals surface area contributed by atoms with Crippen molar-refractivity contribution in [3.05, 3.63) is 47.6 Å². The molecule has 2 aliphatic carbocycles. The molecule has 2 N–H and O–H groups in total. The summed E-state index contributed by atoms with van der Waals surface area (Å²) in [6, 6.07) is 0. The van der Waals surface area contributed by atoms with E-state index < -0.39 is 46.7 Å². The lowest BCUT2D eigenvalue weighted by atomic mass is 9.51. The fourth-order valence-corrected chi connectivity index (χ4v) is 6.91. The number of carbonyl (C=O) groups is 2. The summed E-state index contributed by atoms with van der Waals surface area (Å²) in [5.41, 5.74) is -0.225. The average molecular weight is 531 g/mol. The summed E-state index contributed by atoms with van der Waals surface area (Å²) in [6.07, 6.45) is 9.45. The third kappa shape index (κ3) is 4.48. The molecule has 8 atom stereocenters. The second-order valence-electron chi connectivity index (χ2n) is 11.4. The van der Waals surface area contributed by atoms with Crippen LogP contribution in [0.4, 0.5) is 0 Å². The third-order valence-corrected chi connectivity index (χ3v) is 9.33. The van der Waals surface area contributed by atoms with Crippen LogP contribution >= 0.6 is 0 Å². The molecule has 5 aliphatic rings. The molecule has 3 heterocycles. The maximum Gasteiger partial charge on any atom is 0.331 e. The largest absolute Gasteiger partial charge is 0.462 e. The van der Waals surface area contributed by atoms with E-state index in [1.54, 1.807) is 25.2 Å². The summed E-state index contributed by atoms with van der Waals surface area (Å²) < 4.78 is 30.4. The molecule has 0 amide bonds. The molecule has 0 aromatic carbocycles. The van der Waals surface area contributed by atoms with Crippen molar-refractivity contribution in [2.75, 3.05) is 26.4 Å². The van der Waals surface area contributed by atoms with Gasteiger partial charge in [-0.05, 0) is 38.7 Å². The van der Waals surface area contributed by atoms with Gasteiger partial charge in [0, 0.05) is 24.0 Å². The summed E-state index contributed by atoms with van der Waals surface area (Å²) in [5, 5.41) is 19.9. The van der Waals surface area contributed by atoms with Crippen molar-refractivity contribution < 1.29 is 43.5 Å². The summed E-state index contributed by atoms with van der Waals surface area (Å²) >= 11 is 0. The Morgan fingerprint density at radius 1 is 1.13 bits per heavy atom. The number of aliphatic hydroxyl groups is 2. The lowest BCUT2D eigenvalue weighted by Crippen LogP contribution is -2.66. The zero-order chi connectivity index (χ0) is 27.1. The number of ether oxygens (including phenoxy) is 5. The Kier molecular flexibility index (Phi) is 7.43. The van der Waals surface area contributed by atoms with Gasteiger partial charge < -0.3 is 33.9 Å². The number of esters is 2. The lowest BCUT2D eigenvalue weighted by Gasteiger charge is -2.58. The first-order chi connectivity index (χ1) is 18.1. The van der Waals surface area contributed by atoms with Crippen molar-refractivity contribution in [1.29, 1.82) is 0 Å². The van der Waals surface area contributed by atoms with Crippen molar-refractivity contribution in [1.82, 2.24) is 0 Å². The molecule has 2 spiro atoms. The quantitative estimate of drug-likeness (QED) is 0.314. The van der Waals surface area contributed by atoms with Crippen LogP contribution in [0.2, 0.25) is 0 Å². The number of rotatable bonds is 2. The Balaban J connectivity index is 1.52. The molecule has 3 fully saturated rings.